The van der Waals surface area contributed by atoms with Crippen LogP contribution in [0.25, 0.3) is 0 Å². The van der Waals surface area contributed by atoms with Crippen LogP contribution >= 0.6 is 0 Å². The Morgan fingerprint density at radius 2 is 1.87 bits per heavy atom. The van der Waals surface area contributed by atoms with Gasteiger partial charge < -0.3 is 4.74 Å². The normalized spacial score (nSPS) is 26.5. The summed E-state index contributed by atoms with van der Waals surface area (Å²) in [6, 6.07) is 0.539. The van der Waals surface area contributed by atoms with E-state index in [4.69, 9.17) is 9.29 Å². The van der Waals surface area contributed by atoms with Gasteiger partial charge in [-0.2, -0.15) is 8.42 Å². The number of piperidine rings is 1. The molecule has 2 rings (SSSR count). The van der Waals surface area contributed by atoms with Crippen LogP contribution in [0, 0.1) is 5.92 Å². The number of hydrogen-bond acceptors (Lipinski definition) is 4. The van der Waals surface area contributed by atoms with Crippen molar-refractivity contribution in [3.05, 3.63) is 0 Å². The molecule has 2 fully saturated rings. The van der Waals surface area contributed by atoms with Gasteiger partial charge in [0, 0.05) is 0 Å². The molecule has 0 spiro atoms. The first-order valence-corrected chi connectivity index (χ1v) is 6.92. The van der Waals surface area contributed by atoms with Gasteiger partial charge in [-0.15, -0.1) is 0 Å². The van der Waals surface area contributed by atoms with Crippen molar-refractivity contribution in [3.63, 3.8) is 0 Å². The molecule has 0 aromatic heterocycles. The smallest absolute Gasteiger partial charge is 0.265 e. The Labute approximate surface area is 90.1 Å². The Bertz CT molecular complexity index is 304. The summed E-state index contributed by atoms with van der Waals surface area (Å²) in [4.78, 5) is 2.35. The maximum atomic E-state index is 10.7. The van der Waals surface area contributed by atoms with E-state index in [1.807, 2.05) is 0 Å². The van der Waals surface area contributed by atoms with Crippen molar-refractivity contribution in [3.8, 4) is 0 Å². The van der Waals surface area contributed by atoms with E-state index in [1.54, 1.807) is 0 Å². The van der Waals surface area contributed by atoms with Crippen molar-refractivity contribution in [2.24, 2.45) is 5.92 Å². The molecule has 2 aliphatic rings. The summed E-state index contributed by atoms with van der Waals surface area (Å²) < 4.78 is 35.3. The number of nitrogens with zero attached hydrogens (tertiary/aromatic N) is 1. The number of hydrogen-bond donors (Lipinski definition) is 1. The van der Waals surface area contributed by atoms with Gasteiger partial charge in [0.2, 0.25) is 0 Å². The molecule has 1 N–H and O–H groups in total. The molecule has 0 radical (unpaired) electrons. The molecule has 2 heterocycles. The zero-order valence-electron chi connectivity index (χ0n) is 8.63. The molecule has 2 aliphatic heterocycles. The maximum Gasteiger partial charge on any atom is 0.265 e. The second-order valence-corrected chi connectivity index (χ2v) is 5.92. The van der Waals surface area contributed by atoms with E-state index in [2.05, 4.69) is 4.90 Å². The summed E-state index contributed by atoms with van der Waals surface area (Å²) in [5, 5.41) is 0. The Balaban J connectivity index is 1.76. The van der Waals surface area contributed by atoms with E-state index >= 15 is 0 Å². The third kappa shape index (κ3) is 3.14. The fourth-order valence-electron chi connectivity index (χ4n) is 2.22. The van der Waals surface area contributed by atoms with Crippen LogP contribution in [0.2, 0.25) is 0 Å². The highest BCUT2D eigenvalue weighted by atomic mass is 32.2. The van der Waals surface area contributed by atoms with Gasteiger partial charge in [-0.1, -0.05) is 0 Å². The molecule has 0 atom stereocenters. The molecule has 0 amide bonds. The third-order valence-corrected chi connectivity index (χ3v) is 4.12. The summed E-state index contributed by atoms with van der Waals surface area (Å²) >= 11 is 0. The summed E-state index contributed by atoms with van der Waals surface area (Å²) in [5.41, 5.74) is 0. The lowest BCUT2D eigenvalue weighted by Crippen LogP contribution is -2.52. The molecule has 0 aromatic carbocycles. The maximum absolute atomic E-state index is 10.7. The van der Waals surface area contributed by atoms with Crippen molar-refractivity contribution in [2.75, 3.05) is 32.1 Å². The molecule has 88 valence electrons. The van der Waals surface area contributed by atoms with Crippen LogP contribution in [-0.2, 0) is 14.9 Å². The summed E-state index contributed by atoms with van der Waals surface area (Å²) in [6.45, 7) is 3.47. The Kier molecular flexibility index (Phi) is 3.30. The highest BCUT2D eigenvalue weighted by Gasteiger charge is 2.30. The minimum atomic E-state index is -3.80. The number of likely N-dealkylation sites (tertiary alicyclic amines) is 1. The largest absolute Gasteiger partial charge is 0.378 e. The van der Waals surface area contributed by atoms with E-state index in [-0.39, 0.29) is 11.7 Å². The van der Waals surface area contributed by atoms with Crippen LogP contribution in [0.15, 0.2) is 0 Å². The van der Waals surface area contributed by atoms with E-state index in [1.165, 1.54) is 0 Å². The highest BCUT2D eigenvalue weighted by molar-refractivity contribution is 7.85. The lowest BCUT2D eigenvalue weighted by molar-refractivity contribution is -0.0730. The Morgan fingerprint density at radius 1 is 1.27 bits per heavy atom. The molecule has 0 saturated carbocycles. The molecule has 0 unspecified atom stereocenters. The molecule has 0 aliphatic carbocycles. The molecule has 15 heavy (non-hydrogen) atoms. The monoisotopic (exact) mass is 235 g/mol. The van der Waals surface area contributed by atoms with Crippen molar-refractivity contribution >= 4 is 10.1 Å². The van der Waals surface area contributed by atoms with Gasteiger partial charge in [-0.05, 0) is 31.8 Å². The second kappa shape index (κ2) is 4.37. The molecule has 6 heteroatoms. The van der Waals surface area contributed by atoms with E-state index in [0.717, 1.165) is 39.1 Å². The first kappa shape index (κ1) is 11.3. The van der Waals surface area contributed by atoms with Crippen LogP contribution < -0.4 is 0 Å². The predicted molar refractivity (Wildman–Crippen MR) is 55.3 cm³/mol. The average Bonchev–Trinajstić information content (AvgIpc) is 2.02. The summed E-state index contributed by atoms with van der Waals surface area (Å²) in [6.07, 6.45) is 1.71. The number of ether oxygens (including phenoxy) is 1. The van der Waals surface area contributed by atoms with Crippen LogP contribution in [0.1, 0.15) is 12.8 Å². The Hall–Kier alpha value is -0.170. The van der Waals surface area contributed by atoms with Gasteiger partial charge in [0.05, 0.1) is 25.0 Å². The summed E-state index contributed by atoms with van der Waals surface area (Å²) in [7, 11) is -3.80. The second-order valence-electron chi connectivity index (χ2n) is 4.42. The molecular weight excluding hydrogens is 218 g/mol. The number of rotatable bonds is 3. The first-order chi connectivity index (χ1) is 7.04. The van der Waals surface area contributed by atoms with Crippen molar-refractivity contribution < 1.29 is 17.7 Å². The van der Waals surface area contributed by atoms with E-state index in [0.29, 0.717) is 6.04 Å². The molecule has 0 aromatic rings. The van der Waals surface area contributed by atoms with Crippen molar-refractivity contribution in [1.82, 2.24) is 4.90 Å². The van der Waals surface area contributed by atoms with Gasteiger partial charge in [0.1, 0.15) is 0 Å². The predicted octanol–water partition coefficient (Wildman–Crippen LogP) is -0.0150. The third-order valence-electron chi connectivity index (χ3n) is 3.23. The SMILES string of the molecule is O=S(=O)(O)CC1CCN(C2COC2)CC1. The van der Waals surface area contributed by atoms with Crippen LogP contribution in [-0.4, -0.2) is 56.0 Å². The van der Waals surface area contributed by atoms with Crippen LogP contribution in [0.4, 0.5) is 0 Å². The lowest BCUT2D eigenvalue weighted by Gasteiger charge is -2.41. The Morgan fingerprint density at radius 3 is 2.27 bits per heavy atom. The quantitative estimate of drug-likeness (QED) is 0.697. The van der Waals surface area contributed by atoms with Crippen LogP contribution in [0.5, 0.6) is 0 Å². The summed E-state index contributed by atoms with van der Waals surface area (Å²) in [5.74, 6) is 0.0411. The highest BCUT2D eigenvalue weighted by Crippen LogP contribution is 2.22. The first-order valence-electron chi connectivity index (χ1n) is 5.31. The standard InChI is InChI=1S/C9H17NO4S/c11-15(12,13)7-8-1-3-10(4-2-8)9-5-14-6-9/h8-9H,1-7H2,(H,11,12,13). The lowest BCUT2D eigenvalue weighted by atomic mass is 9.97. The average molecular weight is 235 g/mol. The molecule has 0 bridgehead atoms. The topological polar surface area (TPSA) is 66.8 Å². The van der Waals surface area contributed by atoms with E-state index < -0.39 is 10.1 Å². The van der Waals surface area contributed by atoms with Gasteiger partial charge in [-0.25, -0.2) is 0 Å². The van der Waals surface area contributed by atoms with Gasteiger partial charge in [0.25, 0.3) is 10.1 Å². The van der Waals surface area contributed by atoms with Crippen LogP contribution in [0.3, 0.4) is 0 Å². The minimum Gasteiger partial charge on any atom is -0.378 e. The van der Waals surface area contributed by atoms with Gasteiger partial charge in [-0.3, -0.25) is 9.45 Å². The fraction of sp³-hybridized carbons (Fsp3) is 1.00. The molecular formula is C9H17NO4S. The minimum absolute atomic E-state index is 0.0813. The molecule has 2 saturated heterocycles. The van der Waals surface area contributed by atoms with Gasteiger partial charge in [0.15, 0.2) is 0 Å². The molecule has 5 nitrogen and oxygen atoms in total. The van der Waals surface area contributed by atoms with E-state index in [9.17, 15) is 8.42 Å². The van der Waals surface area contributed by atoms with Crippen molar-refractivity contribution in [1.29, 1.82) is 0 Å². The van der Waals surface area contributed by atoms with Crippen molar-refractivity contribution in [2.45, 2.75) is 18.9 Å². The zero-order chi connectivity index (χ0) is 10.9. The fourth-order valence-corrected chi connectivity index (χ4v) is 3.15. The zero-order valence-corrected chi connectivity index (χ0v) is 9.45. The van der Waals surface area contributed by atoms with Gasteiger partial charge >= 0.3 is 0 Å².